The topological polar surface area (TPSA) is 253 Å². The summed E-state index contributed by atoms with van der Waals surface area (Å²) in [7, 11) is -5.21. The second-order valence-corrected chi connectivity index (χ2v) is 17.2. The molecule has 0 saturated heterocycles. The minimum Gasteiger partial charge on any atom is -0.497 e. The van der Waals surface area contributed by atoms with Gasteiger partial charge in [0, 0.05) is 29.7 Å². The number of halogens is 1. The van der Waals surface area contributed by atoms with Gasteiger partial charge in [-0.3, -0.25) is 0 Å². The molecule has 0 radical (unpaired) electrons. The van der Waals surface area contributed by atoms with Crippen LogP contribution >= 0.6 is 22.6 Å². The zero-order valence-electron chi connectivity index (χ0n) is 31.2. The van der Waals surface area contributed by atoms with Crippen LogP contribution in [0.4, 0.5) is 9.59 Å². The fourth-order valence-electron chi connectivity index (χ4n) is 5.68. The molecule has 0 aliphatic carbocycles. The van der Waals surface area contributed by atoms with Crippen LogP contribution in [0.15, 0.2) is 94.7 Å². The minimum atomic E-state index is -4.88. The lowest BCUT2D eigenvalue weighted by Crippen LogP contribution is -2.49. The van der Waals surface area contributed by atoms with Crippen LogP contribution in [-0.4, -0.2) is 104 Å². The first-order valence-corrected chi connectivity index (χ1v) is 21.1. The molecule has 0 fully saturated rings. The summed E-state index contributed by atoms with van der Waals surface area (Å²) in [6.45, 7) is -1.56. The Balaban J connectivity index is 1.70. The van der Waals surface area contributed by atoms with Gasteiger partial charge in [0.15, 0.2) is 5.82 Å². The Hall–Kier alpha value is -5.56. The SMILES string of the molecule is COc1ccc(CN(Cc2ccc(OC)cc2)S(=O)(=O)c2c(S(=O)(=O)NC[C@H](CNC(=O)O)NC(=O)O)ccc(I)c2-c2nnnn2Cc2ccc(OC)cc2)cc1. The number of hydrogen-bond donors (Lipinski definition) is 5. The van der Waals surface area contributed by atoms with E-state index in [0.29, 0.717) is 33.9 Å². The average Bonchev–Trinajstić information content (AvgIpc) is 3.66. The van der Waals surface area contributed by atoms with E-state index >= 15 is 8.42 Å². The molecule has 5 rings (SSSR count). The van der Waals surface area contributed by atoms with Gasteiger partial charge >= 0.3 is 12.2 Å². The summed E-state index contributed by atoms with van der Waals surface area (Å²) in [6, 6.07) is 21.6. The summed E-state index contributed by atoms with van der Waals surface area (Å²) in [5.74, 6) is 1.60. The number of methoxy groups -OCH3 is 3. The molecule has 1 aromatic heterocycles. The van der Waals surface area contributed by atoms with E-state index in [0.717, 1.165) is 10.4 Å². The number of carboxylic acid groups (broad SMARTS) is 2. The lowest BCUT2D eigenvalue weighted by molar-refractivity contribution is 0.183. The molecule has 0 spiro atoms. The molecule has 22 heteroatoms. The zero-order valence-corrected chi connectivity index (χ0v) is 35.0. The Morgan fingerprint density at radius 3 is 1.76 bits per heavy atom. The first-order valence-electron chi connectivity index (χ1n) is 17.1. The van der Waals surface area contributed by atoms with Crippen molar-refractivity contribution in [2.45, 2.75) is 35.5 Å². The van der Waals surface area contributed by atoms with Crippen LogP contribution in [-0.2, 0) is 39.7 Å². The molecule has 5 aromatic rings. The largest absolute Gasteiger partial charge is 0.497 e. The molecule has 4 aromatic carbocycles. The normalized spacial score (nSPS) is 12.2. The van der Waals surface area contributed by atoms with Gasteiger partial charge in [0.25, 0.3) is 0 Å². The third-order valence-electron chi connectivity index (χ3n) is 8.59. The third-order valence-corrected chi connectivity index (χ3v) is 13.0. The smallest absolute Gasteiger partial charge is 0.404 e. The zero-order chi connectivity index (χ0) is 42.0. The Labute approximate surface area is 347 Å². The highest BCUT2D eigenvalue weighted by molar-refractivity contribution is 14.1. The maximum atomic E-state index is 15.4. The second-order valence-electron chi connectivity index (χ2n) is 12.4. The Kier molecular flexibility index (Phi) is 14.5. The molecule has 308 valence electrons. The predicted octanol–water partition coefficient (Wildman–Crippen LogP) is 3.59. The van der Waals surface area contributed by atoms with Gasteiger partial charge in [-0.05, 0) is 98.2 Å². The lowest BCUT2D eigenvalue weighted by atomic mass is 10.2. The molecule has 0 unspecified atom stereocenters. The van der Waals surface area contributed by atoms with Crippen molar-refractivity contribution in [3.8, 4) is 28.6 Å². The molecule has 0 bridgehead atoms. The van der Waals surface area contributed by atoms with Crippen molar-refractivity contribution in [2.75, 3.05) is 34.4 Å². The number of tetrazole rings is 1. The van der Waals surface area contributed by atoms with Crippen LogP contribution in [0.1, 0.15) is 16.7 Å². The van der Waals surface area contributed by atoms with Crippen molar-refractivity contribution < 1.29 is 50.8 Å². The first kappa shape index (κ1) is 43.6. The minimum absolute atomic E-state index is 0.0532. The molecular formula is C36H39IN8O11S2. The summed E-state index contributed by atoms with van der Waals surface area (Å²) >= 11 is 1.89. The van der Waals surface area contributed by atoms with Crippen LogP contribution in [0.25, 0.3) is 11.4 Å². The molecule has 58 heavy (non-hydrogen) atoms. The summed E-state index contributed by atoms with van der Waals surface area (Å²) in [5.41, 5.74) is 1.69. The predicted molar refractivity (Wildman–Crippen MR) is 217 cm³/mol. The van der Waals surface area contributed by atoms with E-state index in [2.05, 4.69) is 25.6 Å². The van der Waals surface area contributed by atoms with Crippen LogP contribution in [0.5, 0.6) is 17.2 Å². The van der Waals surface area contributed by atoms with Gasteiger partial charge in [0.1, 0.15) is 27.0 Å². The van der Waals surface area contributed by atoms with Crippen molar-refractivity contribution in [2.24, 2.45) is 0 Å². The highest BCUT2D eigenvalue weighted by Gasteiger charge is 2.38. The van der Waals surface area contributed by atoms with E-state index in [1.807, 2.05) is 27.9 Å². The van der Waals surface area contributed by atoms with E-state index in [9.17, 15) is 23.1 Å². The van der Waals surface area contributed by atoms with Gasteiger partial charge in [-0.1, -0.05) is 36.4 Å². The maximum absolute atomic E-state index is 15.4. The van der Waals surface area contributed by atoms with Gasteiger partial charge in [-0.15, -0.1) is 5.10 Å². The number of hydrogen-bond acceptors (Lipinski definition) is 12. The summed E-state index contributed by atoms with van der Waals surface area (Å²) in [6.07, 6.45) is -3.02. The van der Waals surface area contributed by atoms with E-state index in [1.165, 1.54) is 32.1 Å². The van der Waals surface area contributed by atoms with Crippen molar-refractivity contribution >= 4 is 54.8 Å². The van der Waals surface area contributed by atoms with Crippen LogP contribution in [0.2, 0.25) is 0 Å². The van der Waals surface area contributed by atoms with Crippen LogP contribution < -0.4 is 29.6 Å². The van der Waals surface area contributed by atoms with E-state index in [4.69, 9.17) is 19.3 Å². The fraction of sp³-hybridized carbons (Fsp3) is 0.250. The Morgan fingerprint density at radius 2 is 1.28 bits per heavy atom. The number of amides is 2. The second kappa shape index (κ2) is 19.3. The molecule has 1 heterocycles. The molecule has 2 amide bonds. The summed E-state index contributed by atoms with van der Waals surface area (Å²) in [5, 5.41) is 34.7. The van der Waals surface area contributed by atoms with Gasteiger partial charge in [0.05, 0.1) is 39.5 Å². The van der Waals surface area contributed by atoms with E-state index in [-0.39, 0.29) is 34.6 Å². The first-order chi connectivity index (χ1) is 27.6. The molecule has 0 aliphatic rings. The molecular weight excluding hydrogens is 911 g/mol. The molecule has 0 saturated carbocycles. The van der Waals surface area contributed by atoms with Gasteiger partial charge in [0.2, 0.25) is 20.0 Å². The van der Waals surface area contributed by atoms with Crippen LogP contribution in [0, 0.1) is 3.57 Å². The van der Waals surface area contributed by atoms with Gasteiger partial charge in [-0.2, -0.15) is 4.31 Å². The monoisotopic (exact) mass is 950 g/mol. The number of rotatable bonds is 19. The average molecular weight is 951 g/mol. The maximum Gasteiger partial charge on any atom is 0.404 e. The molecule has 1 atom stereocenters. The van der Waals surface area contributed by atoms with Gasteiger partial charge in [-0.25, -0.2) is 35.8 Å². The highest BCUT2D eigenvalue weighted by atomic mass is 127. The van der Waals surface area contributed by atoms with Crippen molar-refractivity contribution in [1.82, 2.24) is 39.9 Å². The quantitative estimate of drug-likeness (QED) is 0.0743. The van der Waals surface area contributed by atoms with Gasteiger partial charge < -0.3 is 35.1 Å². The number of benzene rings is 4. The molecule has 19 nitrogen and oxygen atoms in total. The fourth-order valence-corrected chi connectivity index (χ4v) is 10.0. The van der Waals surface area contributed by atoms with Crippen LogP contribution in [0.3, 0.4) is 0 Å². The number of aromatic nitrogens is 4. The lowest BCUT2D eigenvalue weighted by Gasteiger charge is -2.26. The van der Waals surface area contributed by atoms with E-state index in [1.54, 1.807) is 72.8 Å². The van der Waals surface area contributed by atoms with Crippen molar-refractivity contribution in [3.63, 3.8) is 0 Å². The molecule has 0 aliphatic heterocycles. The number of carbonyl (C=O) groups is 2. The number of sulfonamides is 2. The summed E-state index contributed by atoms with van der Waals surface area (Å²) < 4.78 is 80.5. The van der Waals surface area contributed by atoms with Crippen molar-refractivity contribution in [1.29, 1.82) is 0 Å². The number of nitrogens with one attached hydrogen (secondary N) is 3. The molecule has 5 N–H and O–H groups in total. The number of ether oxygens (including phenoxy) is 3. The van der Waals surface area contributed by atoms with Crippen molar-refractivity contribution in [3.05, 3.63) is 105 Å². The Bertz CT molecular complexity index is 2390. The Morgan fingerprint density at radius 1 is 0.759 bits per heavy atom. The highest BCUT2D eigenvalue weighted by Crippen LogP contribution is 2.38. The standard InChI is InChI=1S/C36H39IN8O11S2/c1-54-27-10-4-23(5-11-27)20-44(21-24-6-12-28(55-2)13-7-24)58(52,53)33-31(57(50,51)39-19-26(40-36(48)49)18-38-35(46)47)17-16-30(37)32(33)34-41-42-43-45(34)22-25-8-14-29(56-3)15-9-25/h4-17,26,38-40H,18-22H2,1-3H3,(H,46,47)(H,48,49)/t26-/m0/s1. The number of nitrogens with zero attached hydrogens (tertiary/aromatic N) is 5. The van der Waals surface area contributed by atoms with E-state index < -0.39 is 61.2 Å². The summed E-state index contributed by atoms with van der Waals surface area (Å²) in [4.78, 5) is 21.3. The third kappa shape index (κ3) is 10.9.